The number of thiophene rings is 1. The van der Waals surface area contributed by atoms with Gasteiger partial charge >= 0.3 is 11.9 Å². The highest BCUT2D eigenvalue weighted by molar-refractivity contribution is 7.20. The Hall–Kier alpha value is -3.03. The SMILES string of the molecule is O=C(O)CC/C(=C\c1cccc2sc(C(=O)O)cc12)c1nc2ccccc2s1. The average Bonchev–Trinajstić information content (AvgIpc) is 3.29. The summed E-state index contributed by atoms with van der Waals surface area (Å²) in [6.45, 7) is 0. The average molecular weight is 409 g/mol. The van der Waals surface area contributed by atoms with Crippen molar-refractivity contribution in [3.63, 3.8) is 0 Å². The molecule has 28 heavy (non-hydrogen) atoms. The van der Waals surface area contributed by atoms with Crippen LogP contribution in [0, 0.1) is 0 Å². The van der Waals surface area contributed by atoms with Crippen LogP contribution in [0.4, 0.5) is 0 Å². The molecule has 0 aliphatic carbocycles. The van der Waals surface area contributed by atoms with E-state index < -0.39 is 11.9 Å². The Bertz CT molecular complexity index is 1200. The summed E-state index contributed by atoms with van der Waals surface area (Å²) in [4.78, 5) is 27.4. The lowest BCUT2D eigenvalue weighted by atomic mass is 10.0. The van der Waals surface area contributed by atoms with Gasteiger partial charge in [-0.15, -0.1) is 22.7 Å². The largest absolute Gasteiger partial charge is 0.481 e. The summed E-state index contributed by atoms with van der Waals surface area (Å²) in [5.74, 6) is -1.82. The summed E-state index contributed by atoms with van der Waals surface area (Å²) in [7, 11) is 0. The monoisotopic (exact) mass is 409 g/mol. The van der Waals surface area contributed by atoms with Gasteiger partial charge in [-0.3, -0.25) is 4.79 Å². The van der Waals surface area contributed by atoms with E-state index in [2.05, 4.69) is 4.98 Å². The molecule has 7 heteroatoms. The highest BCUT2D eigenvalue weighted by atomic mass is 32.1. The summed E-state index contributed by atoms with van der Waals surface area (Å²) in [5, 5.41) is 20.1. The van der Waals surface area contributed by atoms with Gasteiger partial charge in [0, 0.05) is 16.5 Å². The number of carboxylic acids is 2. The van der Waals surface area contributed by atoms with E-state index in [1.165, 1.54) is 22.7 Å². The minimum atomic E-state index is -0.951. The first-order valence-corrected chi connectivity index (χ1v) is 10.2. The van der Waals surface area contributed by atoms with Gasteiger partial charge in [-0.05, 0) is 47.9 Å². The molecule has 0 bridgehead atoms. The van der Waals surface area contributed by atoms with Crippen molar-refractivity contribution in [2.75, 3.05) is 0 Å². The van der Waals surface area contributed by atoms with Crippen molar-refractivity contribution in [3.8, 4) is 0 Å². The lowest BCUT2D eigenvalue weighted by Crippen LogP contribution is -1.95. The first-order valence-electron chi connectivity index (χ1n) is 8.55. The van der Waals surface area contributed by atoms with E-state index in [1.807, 2.05) is 48.5 Å². The molecule has 0 saturated carbocycles. The zero-order valence-electron chi connectivity index (χ0n) is 14.6. The maximum Gasteiger partial charge on any atom is 0.345 e. The number of aromatic nitrogens is 1. The molecular formula is C21H15NO4S2. The van der Waals surface area contributed by atoms with Crippen molar-refractivity contribution in [2.45, 2.75) is 12.8 Å². The van der Waals surface area contributed by atoms with E-state index in [-0.39, 0.29) is 11.3 Å². The van der Waals surface area contributed by atoms with Gasteiger partial charge in [0.15, 0.2) is 0 Å². The van der Waals surface area contributed by atoms with Gasteiger partial charge in [0.05, 0.1) is 10.2 Å². The number of aliphatic carboxylic acids is 1. The van der Waals surface area contributed by atoms with Gasteiger partial charge in [0.1, 0.15) is 9.88 Å². The number of aromatic carboxylic acids is 1. The molecule has 0 fully saturated rings. The minimum absolute atomic E-state index is 0.00173. The minimum Gasteiger partial charge on any atom is -0.481 e. The number of nitrogens with zero attached hydrogens (tertiary/aromatic N) is 1. The van der Waals surface area contributed by atoms with Crippen molar-refractivity contribution >= 4 is 66.6 Å². The molecule has 2 N–H and O–H groups in total. The fourth-order valence-electron chi connectivity index (χ4n) is 2.99. The quantitative estimate of drug-likeness (QED) is 0.432. The second-order valence-electron chi connectivity index (χ2n) is 6.22. The highest BCUT2D eigenvalue weighted by Gasteiger charge is 2.14. The molecule has 4 rings (SSSR count). The topological polar surface area (TPSA) is 87.5 Å². The van der Waals surface area contributed by atoms with Crippen LogP contribution < -0.4 is 0 Å². The zero-order chi connectivity index (χ0) is 19.7. The molecule has 0 aliphatic rings. The number of allylic oxidation sites excluding steroid dienone is 1. The molecular weight excluding hydrogens is 394 g/mol. The molecule has 0 spiro atoms. The maximum atomic E-state index is 11.3. The Balaban J connectivity index is 1.84. The van der Waals surface area contributed by atoms with Crippen LogP contribution in [0.3, 0.4) is 0 Å². The predicted octanol–water partition coefficient (Wildman–Crippen LogP) is 5.61. The van der Waals surface area contributed by atoms with Gasteiger partial charge in [0.2, 0.25) is 0 Å². The van der Waals surface area contributed by atoms with Gasteiger partial charge in [-0.2, -0.15) is 0 Å². The lowest BCUT2D eigenvalue weighted by Gasteiger charge is -2.04. The highest BCUT2D eigenvalue weighted by Crippen LogP contribution is 2.34. The van der Waals surface area contributed by atoms with Crippen LogP contribution in [0.2, 0.25) is 0 Å². The van der Waals surface area contributed by atoms with E-state index >= 15 is 0 Å². The first kappa shape index (κ1) is 18.3. The predicted molar refractivity (Wildman–Crippen MR) is 113 cm³/mol. The molecule has 4 aromatic rings. The summed E-state index contributed by atoms with van der Waals surface area (Å²) in [6.07, 6.45) is 2.28. The molecule has 5 nitrogen and oxygen atoms in total. The smallest absolute Gasteiger partial charge is 0.345 e. The second kappa shape index (κ2) is 7.53. The maximum absolute atomic E-state index is 11.3. The Morgan fingerprint density at radius 1 is 0.964 bits per heavy atom. The fraction of sp³-hybridized carbons (Fsp3) is 0.0952. The molecule has 0 amide bonds. The number of benzene rings is 2. The Morgan fingerprint density at radius 2 is 1.75 bits per heavy atom. The number of fused-ring (bicyclic) bond motifs is 2. The van der Waals surface area contributed by atoms with Gasteiger partial charge in [-0.1, -0.05) is 24.3 Å². The number of rotatable bonds is 6. The normalized spacial score (nSPS) is 11.9. The van der Waals surface area contributed by atoms with Crippen LogP contribution in [0.25, 0.3) is 32.0 Å². The zero-order valence-corrected chi connectivity index (χ0v) is 16.2. The van der Waals surface area contributed by atoms with Gasteiger partial charge in [0.25, 0.3) is 0 Å². The van der Waals surface area contributed by atoms with Gasteiger partial charge in [-0.25, -0.2) is 9.78 Å². The summed E-state index contributed by atoms with van der Waals surface area (Å²) in [5.41, 5.74) is 2.57. The molecule has 140 valence electrons. The molecule has 0 aliphatic heterocycles. The molecule has 0 unspecified atom stereocenters. The van der Waals surface area contributed by atoms with Crippen molar-refractivity contribution in [2.24, 2.45) is 0 Å². The van der Waals surface area contributed by atoms with Gasteiger partial charge < -0.3 is 10.2 Å². The van der Waals surface area contributed by atoms with Crippen molar-refractivity contribution in [1.29, 1.82) is 0 Å². The van der Waals surface area contributed by atoms with Crippen LogP contribution in [0.1, 0.15) is 33.1 Å². The van der Waals surface area contributed by atoms with E-state index in [0.717, 1.165) is 36.4 Å². The summed E-state index contributed by atoms with van der Waals surface area (Å²) < 4.78 is 1.92. The molecule has 0 saturated heterocycles. The Kier molecular flexibility index (Phi) is 4.93. The molecule has 2 heterocycles. The third kappa shape index (κ3) is 3.67. The van der Waals surface area contributed by atoms with E-state index in [4.69, 9.17) is 5.11 Å². The molecule has 0 radical (unpaired) electrons. The van der Waals surface area contributed by atoms with Crippen molar-refractivity contribution < 1.29 is 19.8 Å². The van der Waals surface area contributed by atoms with Crippen molar-refractivity contribution in [3.05, 3.63) is 64.0 Å². The molecule has 2 aromatic carbocycles. The fourth-order valence-corrected chi connectivity index (χ4v) is 4.94. The Morgan fingerprint density at radius 3 is 2.50 bits per heavy atom. The third-order valence-corrected chi connectivity index (χ3v) is 6.51. The van der Waals surface area contributed by atoms with Crippen LogP contribution in [-0.2, 0) is 4.79 Å². The van der Waals surface area contributed by atoms with Crippen LogP contribution >= 0.6 is 22.7 Å². The van der Waals surface area contributed by atoms with Crippen LogP contribution in [0.5, 0.6) is 0 Å². The van der Waals surface area contributed by atoms with E-state index in [1.54, 1.807) is 6.07 Å². The standard InChI is InChI=1S/C21H15NO4S2/c23-19(24)9-8-13(20-22-15-5-1-2-6-17(15)28-20)10-12-4-3-7-16-14(12)11-18(27-16)21(25)26/h1-7,10-11H,8-9H2,(H,23,24)(H,25,26)/b13-10+. The van der Waals surface area contributed by atoms with Crippen molar-refractivity contribution in [1.82, 2.24) is 4.98 Å². The summed E-state index contributed by atoms with van der Waals surface area (Å²) >= 11 is 2.76. The van der Waals surface area contributed by atoms with E-state index in [0.29, 0.717) is 6.42 Å². The second-order valence-corrected chi connectivity index (χ2v) is 8.34. The lowest BCUT2D eigenvalue weighted by molar-refractivity contribution is -0.136. The number of carboxylic acid groups (broad SMARTS) is 2. The number of hydrogen-bond donors (Lipinski definition) is 2. The van der Waals surface area contributed by atoms with Crippen LogP contribution in [-0.4, -0.2) is 27.1 Å². The number of thiazole rings is 1. The Labute approximate surface area is 168 Å². The van der Waals surface area contributed by atoms with Crippen LogP contribution in [0.15, 0.2) is 48.5 Å². The number of hydrogen-bond acceptors (Lipinski definition) is 5. The number of carbonyl (C=O) groups is 2. The third-order valence-electron chi connectivity index (χ3n) is 4.31. The van der Waals surface area contributed by atoms with E-state index in [9.17, 15) is 14.7 Å². The molecule has 2 aromatic heterocycles. The summed E-state index contributed by atoms with van der Waals surface area (Å²) in [6, 6.07) is 15.1. The molecule has 0 atom stereocenters. The number of para-hydroxylation sites is 1. The first-order chi connectivity index (χ1) is 13.5.